The first-order chi connectivity index (χ1) is 8.83. The molecule has 2 heterocycles. The van der Waals surface area contributed by atoms with Gasteiger partial charge in [0, 0.05) is 23.9 Å². The van der Waals surface area contributed by atoms with Crippen LogP contribution >= 0.6 is 11.3 Å². The normalized spacial score (nSPS) is 12.8. The van der Waals surface area contributed by atoms with Gasteiger partial charge < -0.3 is 5.32 Å². The summed E-state index contributed by atoms with van der Waals surface area (Å²) in [5.41, 5.74) is 0. The fraction of sp³-hybridized carbons (Fsp3) is 0.538. The van der Waals surface area contributed by atoms with E-state index in [1.54, 1.807) is 6.33 Å². The molecule has 5 heteroatoms. The van der Waals surface area contributed by atoms with Gasteiger partial charge in [-0.15, -0.1) is 11.3 Å². The van der Waals surface area contributed by atoms with Crippen LogP contribution in [0.1, 0.15) is 24.5 Å². The summed E-state index contributed by atoms with van der Waals surface area (Å²) in [5.74, 6) is 1.07. The number of aryl methyl sites for hydroxylation is 1. The van der Waals surface area contributed by atoms with E-state index in [0.29, 0.717) is 6.04 Å². The second-order valence-electron chi connectivity index (χ2n) is 4.23. The third-order valence-corrected chi connectivity index (χ3v) is 3.84. The maximum Gasteiger partial charge on any atom is 0.138 e. The molecule has 1 N–H and O–H groups in total. The van der Waals surface area contributed by atoms with Crippen LogP contribution in [0.15, 0.2) is 23.8 Å². The molecule has 0 radical (unpaired) electrons. The topological polar surface area (TPSA) is 42.7 Å². The predicted octanol–water partition coefficient (Wildman–Crippen LogP) is 2.12. The van der Waals surface area contributed by atoms with Crippen molar-refractivity contribution >= 4 is 11.3 Å². The van der Waals surface area contributed by atoms with E-state index in [2.05, 4.69) is 46.8 Å². The van der Waals surface area contributed by atoms with Gasteiger partial charge in [-0.1, -0.05) is 13.0 Å². The summed E-state index contributed by atoms with van der Waals surface area (Å²) in [6.07, 6.45) is 3.63. The van der Waals surface area contributed by atoms with Gasteiger partial charge in [0.25, 0.3) is 0 Å². The van der Waals surface area contributed by atoms with Crippen molar-refractivity contribution in [1.29, 1.82) is 0 Å². The smallest absolute Gasteiger partial charge is 0.138 e. The lowest BCUT2D eigenvalue weighted by Crippen LogP contribution is -2.33. The Morgan fingerprint density at radius 1 is 1.39 bits per heavy atom. The van der Waals surface area contributed by atoms with Crippen molar-refractivity contribution in [3.05, 3.63) is 34.5 Å². The zero-order chi connectivity index (χ0) is 12.8. The highest BCUT2D eigenvalue weighted by Crippen LogP contribution is 2.13. The number of likely N-dealkylation sites (N-methyl/N-ethyl adjacent to an activating group) is 1. The Hall–Kier alpha value is -1.20. The third kappa shape index (κ3) is 3.40. The molecule has 0 bridgehead atoms. The molecule has 0 saturated heterocycles. The standard InChI is InChI=1S/C13H20N4S/c1-3-14-11(8-12-6-5-7-18-12)9-13-15-10-16-17(13)4-2/h5-7,10-11,14H,3-4,8-9H2,1-2H3. The Kier molecular flexibility index (Phi) is 4.90. The maximum absolute atomic E-state index is 4.35. The molecule has 0 amide bonds. The lowest BCUT2D eigenvalue weighted by molar-refractivity contribution is 0.492. The molecule has 0 aliphatic carbocycles. The first-order valence-electron chi connectivity index (χ1n) is 6.46. The molecular formula is C13H20N4S. The van der Waals surface area contributed by atoms with Crippen LogP contribution in [0.3, 0.4) is 0 Å². The Bertz CT molecular complexity index is 449. The van der Waals surface area contributed by atoms with Crippen LogP contribution in [0.5, 0.6) is 0 Å². The molecule has 1 atom stereocenters. The summed E-state index contributed by atoms with van der Waals surface area (Å²) >= 11 is 1.82. The van der Waals surface area contributed by atoms with Gasteiger partial charge in [0.05, 0.1) is 0 Å². The monoisotopic (exact) mass is 264 g/mol. The van der Waals surface area contributed by atoms with Gasteiger partial charge in [-0.2, -0.15) is 5.10 Å². The number of hydrogen-bond donors (Lipinski definition) is 1. The number of thiophene rings is 1. The summed E-state index contributed by atoms with van der Waals surface area (Å²) in [4.78, 5) is 5.77. The Labute approximate surface area is 112 Å². The van der Waals surface area contributed by atoms with Crippen LogP contribution in [-0.4, -0.2) is 27.4 Å². The van der Waals surface area contributed by atoms with Crippen molar-refractivity contribution in [3.63, 3.8) is 0 Å². The second-order valence-corrected chi connectivity index (χ2v) is 5.27. The van der Waals surface area contributed by atoms with Crippen LogP contribution in [0.4, 0.5) is 0 Å². The van der Waals surface area contributed by atoms with Crippen molar-refractivity contribution in [2.24, 2.45) is 0 Å². The van der Waals surface area contributed by atoms with E-state index in [0.717, 1.165) is 31.8 Å². The number of rotatable bonds is 7. The van der Waals surface area contributed by atoms with E-state index in [4.69, 9.17) is 0 Å². The highest BCUT2D eigenvalue weighted by molar-refractivity contribution is 7.09. The molecule has 4 nitrogen and oxygen atoms in total. The van der Waals surface area contributed by atoms with Crippen LogP contribution < -0.4 is 5.32 Å². The van der Waals surface area contributed by atoms with Crippen LogP contribution in [0.2, 0.25) is 0 Å². The first kappa shape index (κ1) is 13.2. The maximum atomic E-state index is 4.35. The molecule has 98 valence electrons. The van der Waals surface area contributed by atoms with E-state index < -0.39 is 0 Å². The zero-order valence-electron chi connectivity index (χ0n) is 11.0. The summed E-state index contributed by atoms with van der Waals surface area (Å²) in [6, 6.07) is 4.74. The summed E-state index contributed by atoms with van der Waals surface area (Å²) in [6.45, 7) is 6.11. The summed E-state index contributed by atoms with van der Waals surface area (Å²) in [7, 11) is 0. The van der Waals surface area contributed by atoms with Gasteiger partial charge in [0.15, 0.2) is 0 Å². The van der Waals surface area contributed by atoms with Crippen molar-refractivity contribution < 1.29 is 0 Å². The van der Waals surface area contributed by atoms with E-state index in [1.165, 1.54) is 4.88 Å². The number of hydrogen-bond acceptors (Lipinski definition) is 4. The van der Waals surface area contributed by atoms with Crippen LogP contribution in [0, 0.1) is 0 Å². The number of aromatic nitrogens is 3. The Balaban J connectivity index is 2.01. The van der Waals surface area contributed by atoms with Crippen molar-refractivity contribution in [2.75, 3.05) is 6.54 Å². The minimum atomic E-state index is 0.433. The molecule has 0 aliphatic rings. The molecule has 0 fully saturated rings. The quantitative estimate of drug-likeness (QED) is 0.833. The molecule has 0 spiro atoms. The van der Waals surface area contributed by atoms with Crippen LogP contribution in [-0.2, 0) is 19.4 Å². The number of nitrogens with one attached hydrogen (secondary N) is 1. The molecule has 2 rings (SSSR count). The van der Waals surface area contributed by atoms with E-state index in [9.17, 15) is 0 Å². The van der Waals surface area contributed by atoms with Gasteiger partial charge in [0.1, 0.15) is 12.2 Å². The van der Waals surface area contributed by atoms with Gasteiger partial charge in [-0.25, -0.2) is 4.98 Å². The molecule has 18 heavy (non-hydrogen) atoms. The molecule has 0 saturated carbocycles. The average Bonchev–Trinajstić information content (AvgIpc) is 3.00. The van der Waals surface area contributed by atoms with Gasteiger partial charge in [0.2, 0.25) is 0 Å². The minimum absolute atomic E-state index is 0.433. The molecule has 2 aromatic heterocycles. The van der Waals surface area contributed by atoms with E-state index >= 15 is 0 Å². The Morgan fingerprint density at radius 2 is 2.28 bits per heavy atom. The Morgan fingerprint density at radius 3 is 2.94 bits per heavy atom. The highest BCUT2D eigenvalue weighted by Gasteiger charge is 2.13. The predicted molar refractivity (Wildman–Crippen MR) is 74.9 cm³/mol. The third-order valence-electron chi connectivity index (χ3n) is 2.94. The van der Waals surface area contributed by atoms with E-state index in [-0.39, 0.29) is 0 Å². The fourth-order valence-electron chi connectivity index (χ4n) is 2.11. The highest BCUT2D eigenvalue weighted by atomic mass is 32.1. The lowest BCUT2D eigenvalue weighted by atomic mass is 10.1. The van der Waals surface area contributed by atoms with Crippen molar-refractivity contribution in [1.82, 2.24) is 20.1 Å². The zero-order valence-corrected chi connectivity index (χ0v) is 11.8. The average molecular weight is 264 g/mol. The summed E-state index contributed by atoms with van der Waals surface area (Å²) in [5, 5.41) is 9.89. The van der Waals surface area contributed by atoms with Crippen molar-refractivity contribution in [2.45, 2.75) is 39.3 Å². The fourth-order valence-corrected chi connectivity index (χ4v) is 2.89. The number of nitrogens with zero attached hydrogens (tertiary/aromatic N) is 3. The SMILES string of the molecule is CCNC(Cc1cccs1)Cc1ncnn1CC. The largest absolute Gasteiger partial charge is 0.313 e. The summed E-state index contributed by atoms with van der Waals surface area (Å²) < 4.78 is 1.97. The van der Waals surface area contributed by atoms with Gasteiger partial charge in [-0.05, 0) is 31.3 Å². The minimum Gasteiger partial charge on any atom is -0.313 e. The molecular weight excluding hydrogens is 244 g/mol. The van der Waals surface area contributed by atoms with Crippen molar-refractivity contribution in [3.8, 4) is 0 Å². The second kappa shape index (κ2) is 6.66. The van der Waals surface area contributed by atoms with Crippen LogP contribution in [0.25, 0.3) is 0 Å². The van der Waals surface area contributed by atoms with Gasteiger partial charge in [-0.3, -0.25) is 4.68 Å². The lowest BCUT2D eigenvalue weighted by Gasteiger charge is -2.16. The molecule has 0 aromatic carbocycles. The van der Waals surface area contributed by atoms with Gasteiger partial charge >= 0.3 is 0 Å². The van der Waals surface area contributed by atoms with E-state index in [1.807, 2.05) is 16.0 Å². The first-order valence-corrected chi connectivity index (χ1v) is 7.33. The molecule has 0 aliphatic heterocycles. The molecule has 2 aromatic rings. The molecule has 1 unspecified atom stereocenters.